The molecule has 3 heterocycles. The molecule has 10 nitrogen and oxygen atoms in total. The first-order valence-electron chi connectivity index (χ1n) is 12.2. The molecule has 1 atom stereocenters. The number of anilines is 1. The first-order chi connectivity index (χ1) is 18.4. The molecular formula is C26H30N4O6S2. The van der Waals surface area contributed by atoms with Crippen LogP contribution in [0.25, 0.3) is 0 Å². The van der Waals surface area contributed by atoms with E-state index in [1.54, 1.807) is 37.4 Å². The molecule has 2 aromatic heterocycles. The molecule has 1 aliphatic heterocycles. The summed E-state index contributed by atoms with van der Waals surface area (Å²) in [5, 5.41) is 4.83. The summed E-state index contributed by atoms with van der Waals surface area (Å²) in [6, 6.07) is 10.8. The fraction of sp³-hybridized carbons (Fsp3) is 0.385. The number of carbonyl (C=O) groups is 2. The Balaban J connectivity index is 1.48. The van der Waals surface area contributed by atoms with E-state index in [9.17, 15) is 9.59 Å². The van der Waals surface area contributed by atoms with Crippen molar-refractivity contribution in [3.05, 3.63) is 53.0 Å². The van der Waals surface area contributed by atoms with Crippen LogP contribution in [0.15, 0.2) is 46.7 Å². The van der Waals surface area contributed by atoms with Crippen molar-refractivity contribution in [2.24, 2.45) is 0 Å². The zero-order valence-corrected chi connectivity index (χ0v) is 23.1. The highest BCUT2D eigenvalue weighted by Gasteiger charge is 2.17. The molecule has 0 bridgehead atoms. The average molecular weight is 559 g/mol. The number of nitrogens with one attached hydrogen (secondary N) is 1. The third kappa shape index (κ3) is 8.15. The van der Waals surface area contributed by atoms with Crippen molar-refractivity contribution in [3.8, 4) is 17.5 Å². The molecule has 38 heavy (non-hydrogen) atoms. The molecule has 0 aliphatic carbocycles. The Morgan fingerprint density at radius 3 is 2.61 bits per heavy atom. The van der Waals surface area contributed by atoms with E-state index in [1.165, 1.54) is 23.8 Å². The Morgan fingerprint density at radius 2 is 1.92 bits per heavy atom. The van der Waals surface area contributed by atoms with E-state index < -0.39 is 5.91 Å². The average Bonchev–Trinajstić information content (AvgIpc) is 3.29. The SMILES string of the molecule is CCOC(=O)Cc1csc(NC(=O)c2cc(Oc3ccc(SN4CCC4)cc3)nc(OC(C)COC)c2)n1. The van der Waals surface area contributed by atoms with E-state index in [2.05, 4.69) is 19.6 Å². The fourth-order valence-corrected chi connectivity index (χ4v) is 5.09. The van der Waals surface area contributed by atoms with Gasteiger partial charge in [-0.15, -0.1) is 11.3 Å². The largest absolute Gasteiger partial charge is 0.472 e. The number of amides is 1. The van der Waals surface area contributed by atoms with Crippen LogP contribution in [0.3, 0.4) is 0 Å². The summed E-state index contributed by atoms with van der Waals surface area (Å²) < 4.78 is 24.2. The Hall–Kier alpha value is -3.19. The Morgan fingerprint density at radius 1 is 1.16 bits per heavy atom. The maximum absolute atomic E-state index is 13.1. The van der Waals surface area contributed by atoms with Crippen LogP contribution in [0.5, 0.6) is 17.5 Å². The van der Waals surface area contributed by atoms with Gasteiger partial charge in [-0.3, -0.25) is 14.9 Å². The molecule has 1 saturated heterocycles. The molecule has 0 saturated carbocycles. The van der Waals surface area contributed by atoms with Crippen molar-refractivity contribution in [1.82, 2.24) is 14.3 Å². The number of ether oxygens (including phenoxy) is 4. The van der Waals surface area contributed by atoms with E-state index >= 15 is 0 Å². The van der Waals surface area contributed by atoms with Crippen molar-refractivity contribution in [2.75, 3.05) is 38.7 Å². The minimum absolute atomic E-state index is 0.0398. The molecule has 3 aromatic rings. The van der Waals surface area contributed by atoms with Crippen LogP contribution >= 0.6 is 23.3 Å². The van der Waals surface area contributed by atoms with Crippen molar-refractivity contribution < 1.29 is 28.5 Å². The number of benzene rings is 1. The van der Waals surface area contributed by atoms with Gasteiger partial charge in [0.25, 0.3) is 5.91 Å². The second-order valence-electron chi connectivity index (χ2n) is 8.44. The van der Waals surface area contributed by atoms with E-state index in [0.29, 0.717) is 29.8 Å². The van der Waals surface area contributed by atoms with Crippen LogP contribution in [-0.2, 0) is 20.7 Å². The molecular weight excluding hydrogens is 528 g/mol. The lowest BCUT2D eigenvalue weighted by Gasteiger charge is -2.29. The van der Waals surface area contributed by atoms with Crippen LogP contribution in [0.4, 0.5) is 5.13 Å². The minimum atomic E-state index is -0.417. The van der Waals surface area contributed by atoms with Gasteiger partial charge in [0.15, 0.2) is 5.13 Å². The zero-order chi connectivity index (χ0) is 26.9. The van der Waals surface area contributed by atoms with Gasteiger partial charge in [-0.1, -0.05) is 0 Å². The lowest BCUT2D eigenvalue weighted by molar-refractivity contribution is -0.142. The van der Waals surface area contributed by atoms with Crippen LogP contribution in [0.2, 0.25) is 0 Å². The number of esters is 1. The van der Waals surface area contributed by atoms with Gasteiger partial charge >= 0.3 is 5.97 Å². The first-order valence-corrected chi connectivity index (χ1v) is 13.9. The molecule has 4 rings (SSSR count). The zero-order valence-electron chi connectivity index (χ0n) is 21.5. The number of aromatic nitrogens is 2. The number of nitrogens with zero attached hydrogens (tertiary/aromatic N) is 3. The van der Waals surface area contributed by atoms with Gasteiger partial charge in [0.2, 0.25) is 11.8 Å². The van der Waals surface area contributed by atoms with Crippen LogP contribution < -0.4 is 14.8 Å². The van der Waals surface area contributed by atoms with E-state index in [-0.39, 0.29) is 35.8 Å². The van der Waals surface area contributed by atoms with Gasteiger partial charge in [0, 0.05) is 42.6 Å². The second kappa shape index (κ2) is 13.6. The molecule has 1 aliphatic rings. The van der Waals surface area contributed by atoms with Crippen LogP contribution in [-0.4, -0.2) is 65.7 Å². The number of hydrogen-bond donors (Lipinski definition) is 1. The van der Waals surface area contributed by atoms with E-state index in [1.807, 2.05) is 31.2 Å². The van der Waals surface area contributed by atoms with E-state index in [4.69, 9.17) is 18.9 Å². The van der Waals surface area contributed by atoms with Crippen molar-refractivity contribution >= 4 is 40.3 Å². The standard InChI is InChI=1S/C26H30N4O6S2/c1-4-34-24(31)14-19-16-37-26(27-19)29-25(32)18-12-22(35-17(2)15-33-3)28-23(13-18)36-20-6-8-21(9-7-20)38-30-10-5-11-30/h6-9,12-13,16-17H,4-5,10-11,14-15H2,1-3H3,(H,27,29,32). The van der Waals surface area contributed by atoms with Gasteiger partial charge in [0.05, 0.1) is 30.9 Å². The summed E-state index contributed by atoms with van der Waals surface area (Å²) in [6.45, 7) is 6.43. The van der Waals surface area contributed by atoms with Gasteiger partial charge in [-0.05, 0) is 56.5 Å². The molecule has 1 amide bonds. The summed E-state index contributed by atoms with van der Waals surface area (Å²) in [5.41, 5.74) is 0.803. The summed E-state index contributed by atoms with van der Waals surface area (Å²) in [4.78, 5) is 34.7. The Kier molecular flexibility index (Phi) is 9.93. The highest BCUT2D eigenvalue weighted by Crippen LogP contribution is 2.30. The molecule has 0 spiro atoms. The van der Waals surface area contributed by atoms with Crippen LogP contribution in [0.1, 0.15) is 36.3 Å². The van der Waals surface area contributed by atoms with Crippen molar-refractivity contribution in [1.29, 1.82) is 0 Å². The molecule has 202 valence electrons. The fourth-order valence-electron chi connectivity index (χ4n) is 3.39. The monoisotopic (exact) mass is 558 g/mol. The summed E-state index contributed by atoms with van der Waals surface area (Å²) in [5.74, 6) is 0.236. The molecule has 1 N–H and O–H groups in total. The molecule has 1 aromatic carbocycles. The minimum Gasteiger partial charge on any atom is -0.472 e. The third-order valence-corrected chi connectivity index (χ3v) is 7.18. The highest BCUT2D eigenvalue weighted by atomic mass is 32.2. The Labute approximate surface area is 229 Å². The van der Waals surface area contributed by atoms with Gasteiger partial charge < -0.3 is 18.9 Å². The lowest BCUT2D eigenvalue weighted by Crippen LogP contribution is -2.30. The number of thiazole rings is 1. The lowest BCUT2D eigenvalue weighted by atomic mass is 10.2. The third-order valence-electron chi connectivity index (χ3n) is 5.26. The smallest absolute Gasteiger partial charge is 0.311 e. The number of rotatable bonds is 13. The molecule has 0 radical (unpaired) electrons. The van der Waals surface area contributed by atoms with E-state index in [0.717, 1.165) is 18.0 Å². The first kappa shape index (κ1) is 27.8. The van der Waals surface area contributed by atoms with Gasteiger partial charge in [-0.25, -0.2) is 9.29 Å². The summed E-state index contributed by atoms with van der Waals surface area (Å²) >= 11 is 2.94. The predicted molar refractivity (Wildman–Crippen MR) is 145 cm³/mol. The van der Waals surface area contributed by atoms with Crippen molar-refractivity contribution in [2.45, 2.75) is 37.7 Å². The number of pyridine rings is 1. The normalized spacial score (nSPS) is 13.9. The molecule has 12 heteroatoms. The molecule has 1 unspecified atom stereocenters. The Bertz CT molecular complexity index is 1230. The predicted octanol–water partition coefficient (Wildman–Crippen LogP) is 4.81. The summed E-state index contributed by atoms with van der Waals surface area (Å²) in [7, 11) is 1.58. The molecule has 1 fully saturated rings. The van der Waals surface area contributed by atoms with Gasteiger partial charge in [0.1, 0.15) is 11.9 Å². The second-order valence-corrected chi connectivity index (χ2v) is 10.5. The number of hydrogen-bond acceptors (Lipinski definition) is 11. The number of methoxy groups -OCH3 is 1. The summed E-state index contributed by atoms with van der Waals surface area (Å²) in [6.07, 6.45) is 0.980. The highest BCUT2D eigenvalue weighted by molar-refractivity contribution is 7.97. The van der Waals surface area contributed by atoms with Crippen molar-refractivity contribution in [3.63, 3.8) is 0 Å². The quantitative estimate of drug-likeness (QED) is 0.232. The van der Waals surface area contributed by atoms with Crippen LogP contribution in [0, 0.1) is 0 Å². The topological polar surface area (TPSA) is 112 Å². The maximum Gasteiger partial charge on any atom is 0.311 e. The van der Waals surface area contributed by atoms with Gasteiger partial charge in [-0.2, -0.15) is 4.98 Å². The maximum atomic E-state index is 13.1. The number of carbonyl (C=O) groups excluding carboxylic acids is 2.